The van der Waals surface area contributed by atoms with Gasteiger partial charge in [0, 0.05) is 22.7 Å². The standard InChI is InChI=1S/C25H25ClN4O3/c1-25(2,32)15-6-4-14(5-7-15)18-9-11-21-28-23-19(31)13-27-22(24(23)30(21)29-18)17-12-16(26)8-10-20(17)33-3/h4-12,19,22,27,31-32H,13H2,1-3H3/t19-,22+/m1/s1. The molecule has 7 nitrogen and oxygen atoms in total. The van der Waals surface area contributed by atoms with Crippen LogP contribution in [0, 0.1) is 0 Å². The van der Waals surface area contributed by atoms with Crippen LogP contribution in [0.1, 0.15) is 48.5 Å². The molecule has 170 valence electrons. The molecular weight excluding hydrogens is 440 g/mol. The molecule has 8 heteroatoms. The summed E-state index contributed by atoms with van der Waals surface area (Å²) in [7, 11) is 1.62. The molecule has 0 aliphatic carbocycles. The molecular formula is C25H25ClN4O3. The molecule has 3 N–H and O–H groups in total. The number of halogens is 1. The number of hydrogen-bond donors (Lipinski definition) is 3. The molecule has 2 aromatic heterocycles. The van der Waals surface area contributed by atoms with E-state index in [4.69, 9.17) is 21.4 Å². The van der Waals surface area contributed by atoms with Crippen LogP contribution < -0.4 is 10.1 Å². The van der Waals surface area contributed by atoms with E-state index in [0.717, 1.165) is 28.1 Å². The number of imidazole rings is 1. The van der Waals surface area contributed by atoms with E-state index in [1.165, 1.54) is 0 Å². The molecule has 1 aliphatic heterocycles. The third kappa shape index (κ3) is 3.87. The van der Waals surface area contributed by atoms with E-state index in [9.17, 15) is 10.2 Å². The molecule has 0 fully saturated rings. The van der Waals surface area contributed by atoms with Gasteiger partial charge in [-0.05, 0) is 49.7 Å². The average molecular weight is 465 g/mol. The number of aliphatic hydroxyl groups excluding tert-OH is 1. The molecule has 2 aromatic carbocycles. The van der Waals surface area contributed by atoms with Crippen molar-refractivity contribution >= 4 is 17.2 Å². The van der Waals surface area contributed by atoms with Crippen molar-refractivity contribution in [2.45, 2.75) is 31.6 Å². The number of aromatic nitrogens is 3. The Balaban J connectivity index is 1.65. The first-order chi connectivity index (χ1) is 15.8. The van der Waals surface area contributed by atoms with Crippen molar-refractivity contribution < 1.29 is 14.9 Å². The molecule has 0 saturated heterocycles. The number of hydrogen-bond acceptors (Lipinski definition) is 6. The Morgan fingerprint density at radius 3 is 2.58 bits per heavy atom. The number of nitrogens with zero attached hydrogens (tertiary/aromatic N) is 3. The van der Waals surface area contributed by atoms with E-state index in [2.05, 4.69) is 10.3 Å². The van der Waals surface area contributed by atoms with Gasteiger partial charge in [-0.1, -0.05) is 35.9 Å². The van der Waals surface area contributed by atoms with Gasteiger partial charge in [-0.3, -0.25) is 0 Å². The van der Waals surface area contributed by atoms with Crippen LogP contribution in [0.25, 0.3) is 16.9 Å². The minimum atomic E-state index is -0.912. The molecule has 3 heterocycles. The van der Waals surface area contributed by atoms with E-state index in [1.807, 2.05) is 48.5 Å². The Labute approximate surface area is 196 Å². The van der Waals surface area contributed by atoms with E-state index in [0.29, 0.717) is 28.7 Å². The highest BCUT2D eigenvalue weighted by molar-refractivity contribution is 6.30. The van der Waals surface area contributed by atoms with Crippen molar-refractivity contribution in [1.29, 1.82) is 0 Å². The maximum Gasteiger partial charge on any atom is 0.154 e. The predicted octanol–water partition coefficient (Wildman–Crippen LogP) is 4.01. The van der Waals surface area contributed by atoms with Crippen LogP contribution in [0.3, 0.4) is 0 Å². The van der Waals surface area contributed by atoms with Crippen LogP contribution >= 0.6 is 11.6 Å². The zero-order chi connectivity index (χ0) is 23.3. The lowest BCUT2D eigenvalue weighted by Gasteiger charge is -2.28. The highest BCUT2D eigenvalue weighted by atomic mass is 35.5. The van der Waals surface area contributed by atoms with Crippen molar-refractivity contribution in [3.63, 3.8) is 0 Å². The first-order valence-electron chi connectivity index (χ1n) is 10.7. The summed E-state index contributed by atoms with van der Waals surface area (Å²) in [5.74, 6) is 0.688. The lowest BCUT2D eigenvalue weighted by atomic mass is 9.96. The second-order valence-electron chi connectivity index (χ2n) is 8.75. The Morgan fingerprint density at radius 2 is 1.88 bits per heavy atom. The zero-order valence-electron chi connectivity index (χ0n) is 18.6. The summed E-state index contributed by atoms with van der Waals surface area (Å²) in [4.78, 5) is 4.67. The summed E-state index contributed by atoms with van der Waals surface area (Å²) in [5, 5.41) is 29.7. The summed E-state index contributed by atoms with van der Waals surface area (Å²) >= 11 is 6.30. The molecule has 0 radical (unpaired) electrons. The Bertz CT molecular complexity index is 1330. The second kappa shape index (κ2) is 8.11. The van der Waals surface area contributed by atoms with Crippen LogP contribution in [-0.4, -0.2) is 38.5 Å². The predicted molar refractivity (Wildman–Crippen MR) is 126 cm³/mol. The van der Waals surface area contributed by atoms with Crippen molar-refractivity contribution in [3.05, 3.63) is 82.1 Å². The average Bonchev–Trinajstić information content (AvgIpc) is 3.19. The molecule has 0 bridgehead atoms. The van der Waals surface area contributed by atoms with Gasteiger partial charge < -0.3 is 20.3 Å². The molecule has 4 aromatic rings. The summed E-state index contributed by atoms with van der Waals surface area (Å²) in [6, 6.07) is 16.6. The normalized spacial score (nSPS) is 18.4. The number of ether oxygens (including phenoxy) is 1. The van der Waals surface area contributed by atoms with Crippen LogP contribution in [0.4, 0.5) is 0 Å². The Hall–Kier alpha value is -2.97. The van der Waals surface area contributed by atoms with E-state index < -0.39 is 11.7 Å². The van der Waals surface area contributed by atoms with E-state index in [-0.39, 0.29) is 6.04 Å². The number of benzene rings is 2. The topological polar surface area (TPSA) is 91.9 Å². The molecule has 2 atom stereocenters. The highest BCUT2D eigenvalue weighted by Gasteiger charge is 2.34. The summed E-state index contributed by atoms with van der Waals surface area (Å²) in [5.41, 5.74) is 4.40. The van der Waals surface area contributed by atoms with Gasteiger partial charge in [-0.25, -0.2) is 9.50 Å². The maximum absolute atomic E-state index is 10.7. The van der Waals surface area contributed by atoms with Crippen molar-refractivity contribution in [2.24, 2.45) is 0 Å². The quantitative estimate of drug-likeness (QED) is 0.422. The molecule has 0 amide bonds. The third-order valence-electron chi connectivity index (χ3n) is 6.03. The molecule has 0 spiro atoms. The van der Waals surface area contributed by atoms with Gasteiger partial charge in [0.15, 0.2) is 5.65 Å². The first-order valence-corrected chi connectivity index (χ1v) is 11.1. The van der Waals surface area contributed by atoms with Gasteiger partial charge in [0.1, 0.15) is 11.9 Å². The van der Waals surface area contributed by atoms with Gasteiger partial charge in [-0.15, -0.1) is 0 Å². The van der Waals surface area contributed by atoms with Gasteiger partial charge in [0.05, 0.1) is 35.8 Å². The molecule has 0 saturated carbocycles. The maximum atomic E-state index is 10.7. The van der Waals surface area contributed by atoms with E-state index >= 15 is 0 Å². The molecule has 1 aliphatic rings. The zero-order valence-corrected chi connectivity index (χ0v) is 19.3. The Kier molecular flexibility index (Phi) is 5.37. The summed E-state index contributed by atoms with van der Waals surface area (Å²) in [6.07, 6.45) is -0.752. The molecule has 33 heavy (non-hydrogen) atoms. The van der Waals surface area contributed by atoms with Gasteiger partial charge in [0.25, 0.3) is 0 Å². The largest absolute Gasteiger partial charge is 0.496 e. The first kappa shape index (κ1) is 21.9. The van der Waals surface area contributed by atoms with Crippen LogP contribution in [0.2, 0.25) is 5.02 Å². The minimum Gasteiger partial charge on any atom is -0.496 e. The smallest absolute Gasteiger partial charge is 0.154 e. The highest BCUT2D eigenvalue weighted by Crippen LogP contribution is 2.38. The summed E-state index contributed by atoms with van der Waals surface area (Å²) in [6.45, 7) is 3.86. The lowest BCUT2D eigenvalue weighted by Crippen LogP contribution is -2.34. The summed E-state index contributed by atoms with van der Waals surface area (Å²) < 4.78 is 7.36. The molecule has 0 unspecified atom stereocenters. The van der Waals surface area contributed by atoms with Crippen molar-refractivity contribution in [2.75, 3.05) is 13.7 Å². The van der Waals surface area contributed by atoms with Crippen LogP contribution in [0.5, 0.6) is 5.75 Å². The van der Waals surface area contributed by atoms with Gasteiger partial charge in [0.2, 0.25) is 0 Å². The van der Waals surface area contributed by atoms with Crippen molar-refractivity contribution in [3.8, 4) is 17.0 Å². The fourth-order valence-corrected chi connectivity index (χ4v) is 4.48. The second-order valence-corrected chi connectivity index (χ2v) is 9.19. The molecule has 5 rings (SSSR count). The number of nitrogens with one attached hydrogen (secondary N) is 1. The minimum absolute atomic E-state index is 0.313. The number of methoxy groups -OCH3 is 1. The lowest BCUT2D eigenvalue weighted by molar-refractivity contribution is 0.0786. The number of fused-ring (bicyclic) bond motifs is 3. The van der Waals surface area contributed by atoms with Gasteiger partial charge in [-0.2, -0.15) is 5.10 Å². The fraction of sp³-hybridized carbons (Fsp3) is 0.280. The number of rotatable bonds is 4. The number of aliphatic hydroxyl groups is 2. The fourth-order valence-electron chi connectivity index (χ4n) is 4.30. The monoisotopic (exact) mass is 464 g/mol. The van der Waals surface area contributed by atoms with Crippen molar-refractivity contribution in [1.82, 2.24) is 19.9 Å². The SMILES string of the molecule is COc1ccc(Cl)cc1[C@@H]1NC[C@@H](O)c2nc3ccc(-c4ccc(C(C)(C)O)cc4)nn3c21. The van der Waals surface area contributed by atoms with Gasteiger partial charge >= 0.3 is 0 Å². The number of β-amino-alcohol motifs (C(OH)–C–C–N with tert-alkyl or cyclic N) is 1. The van der Waals surface area contributed by atoms with Crippen LogP contribution in [-0.2, 0) is 5.60 Å². The van der Waals surface area contributed by atoms with E-state index in [1.54, 1.807) is 31.5 Å². The third-order valence-corrected chi connectivity index (χ3v) is 6.27. The Morgan fingerprint density at radius 1 is 1.12 bits per heavy atom. The van der Waals surface area contributed by atoms with Crippen LogP contribution in [0.15, 0.2) is 54.6 Å².